The lowest BCUT2D eigenvalue weighted by Gasteiger charge is -2.42. The predicted molar refractivity (Wildman–Crippen MR) is 75.2 cm³/mol. The zero-order chi connectivity index (χ0) is 13.3. The largest absolute Gasteiger partial charge is 0.303 e. The summed E-state index contributed by atoms with van der Waals surface area (Å²) in [6, 6.07) is 0.0281. The Morgan fingerprint density at radius 3 is 2.18 bits per heavy atom. The molecule has 1 aliphatic rings. The number of nitrogens with one attached hydrogen (secondary N) is 1. The summed E-state index contributed by atoms with van der Waals surface area (Å²) in [7, 11) is 0. The first-order chi connectivity index (χ1) is 7.63. The summed E-state index contributed by atoms with van der Waals surface area (Å²) < 4.78 is 0. The van der Waals surface area contributed by atoms with Crippen LogP contribution in [0.1, 0.15) is 68.7 Å². The fourth-order valence-corrected chi connectivity index (χ4v) is 2.63. The molecule has 1 aliphatic carbocycles. The molecule has 2 heteroatoms. The van der Waals surface area contributed by atoms with Gasteiger partial charge in [0.2, 0.25) is 0 Å². The summed E-state index contributed by atoms with van der Waals surface area (Å²) >= 11 is 0. The number of rotatable bonds is 5. The Morgan fingerprint density at radius 1 is 1.35 bits per heavy atom. The van der Waals surface area contributed by atoms with Crippen LogP contribution in [0, 0.1) is 11.3 Å². The van der Waals surface area contributed by atoms with Crippen LogP contribution in [-0.4, -0.2) is 17.4 Å². The van der Waals surface area contributed by atoms with Crippen molar-refractivity contribution in [2.24, 2.45) is 11.3 Å². The third-order valence-electron chi connectivity index (χ3n) is 3.78. The van der Waals surface area contributed by atoms with Crippen molar-refractivity contribution in [1.29, 1.82) is 0 Å². The van der Waals surface area contributed by atoms with E-state index in [1.165, 1.54) is 19.3 Å². The van der Waals surface area contributed by atoms with Gasteiger partial charge in [-0.3, -0.25) is 4.79 Å². The average Bonchev–Trinajstić information content (AvgIpc) is 2.10. The van der Waals surface area contributed by atoms with Gasteiger partial charge < -0.3 is 5.32 Å². The number of carbonyl (C=O) groups excluding carboxylic acids is 1. The molecule has 0 aromatic heterocycles. The molecule has 102 valence electrons. The molecule has 0 amide bonds. The first-order valence-corrected chi connectivity index (χ1v) is 6.94. The van der Waals surface area contributed by atoms with Crippen LogP contribution < -0.4 is 5.32 Å². The molecule has 0 aromatic rings. The van der Waals surface area contributed by atoms with E-state index in [9.17, 15) is 4.79 Å². The minimum absolute atomic E-state index is 0. The lowest BCUT2D eigenvalue weighted by atomic mass is 9.66. The summed E-state index contributed by atoms with van der Waals surface area (Å²) in [5.41, 5.74) is 0.406. The number of carbonyl (C=O) groups is 1. The van der Waals surface area contributed by atoms with Gasteiger partial charge in [0.25, 0.3) is 0 Å². The SMILES string of the molecule is CC(C)C(=O)[C@H](CC1(C)CCC1)NC(C)(C)C.[HH]. The molecule has 1 fully saturated rings. The van der Waals surface area contributed by atoms with Crippen LogP contribution in [0.3, 0.4) is 0 Å². The molecule has 1 atom stereocenters. The first kappa shape index (κ1) is 14.7. The number of ketones is 1. The van der Waals surface area contributed by atoms with Gasteiger partial charge in [0.05, 0.1) is 6.04 Å². The van der Waals surface area contributed by atoms with E-state index in [0.29, 0.717) is 11.2 Å². The molecule has 0 bridgehead atoms. The van der Waals surface area contributed by atoms with Crippen LogP contribution >= 0.6 is 0 Å². The van der Waals surface area contributed by atoms with E-state index in [4.69, 9.17) is 0 Å². The fourth-order valence-electron chi connectivity index (χ4n) is 2.63. The monoisotopic (exact) mass is 241 g/mol. The van der Waals surface area contributed by atoms with Crippen LogP contribution in [0.2, 0.25) is 0 Å². The van der Waals surface area contributed by atoms with Crippen molar-refractivity contribution < 1.29 is 6.22 Å². The highest BCUT2D eigenvalue weighted by molar-refractivity contribution is 5.85. The normalized spacial score (nSPS) is 21.1. The lowest BCUT2D eigenvalue weighted by Crippen LogP contribution is -2.51. The smallest absolute Gasteiger partial charge is 0.152 e. The highest BCUT2D eigenvalue weighted by atomic mass is 16.1. The van der Waals surface area contributed by atoms with Gasteiger partial charge >= 0.3 is 0 Å². The molecular formula is C15H31NO. The van der Waals surface area contributed by atoms with Crippen molar-refractivity contribution in [3.05, 3.63) is 0 Å². The van der Waals surface area contributed by atoms with Gasteiger partial charge in [-0.15, -0.1) is 0 Å². The second-order valence-corrected chi connectivity index (χ2v) is 7.37. The molecule has 1 rings (SSSR count). The number of hydrogen-bond acceptors (Lipinski definition) is 2. The van der Waals surface area contributed by atoms with E-state index in [-0.39, 0.29) is 18.9 Å². The fraction of sp³-hybridized carbons (Fsp3) is 0.933. The van der Waals surface area contributed by atoms with Crippen molar-refractivity contribution >= 4 is 5.78 Å². The highest BCUT2D eigenvalue weighted by Gasteiger charge is 2.37. The second kappa shape index (κ2) is 5.09. The molecule has 0 spiro atoms. The van der Waals surface area contributed by atoms with Crippen LogP contribution in [-0.2, 0) is 4.79 Å². The Morgan fingerprint density at radius 2 is 1.88 bits per heavy atom. The molecule has 0 heterocycles. The zero-order valence-electron chi connectivity index (χ0n) is 12.4. The molecule has 0 radical (unpaired) electrons. The Balaban J connectivity index is 0.00000289. The summed E-state index contributed by atoms with van der Waals surface area (Å²) in [4.78, 5) is 12.3. The van der Waals surface area contributed by atoms with Crippen LogP contribution in [0.25, 0.3) is 0 Å². The van der Waals surface area contributed by atoms with Crippen LogP contribution in [0.15, 0.2) is 0 Å². The van der Waals surface area contributed by atoms with Crippen LogP contribution in [0.5, 0.6) is 0 Å². The maximum absolute atomic E-state index is 12.3. The van der Waals surface area contributed by atoms with E-state index < -0.39 is 0 Å². The Bertz CT molecular complexity index is 277. The van der Waals surface area contributed by atoms with Crippen molar-refractivity contribution in [3.8, 4) is 0 Å². The standard InChI is InChI=1S/C15H29NO.H2/c1-11(2)13(17)12(16-14(3,4)5)10-15(6)8-7-9-15;/h11-12,16H,7-10H2,1-6H3;1H/t12-;/m0./s1. The van der Waals surface area contributed by atoms with Gasteiger partial charge in [-0.05, 0) is 45.4 Å². The van der Waals surface area contributed by atoms with Crippen molar-refractivity contribution in [3.63, 3.8) is 0 Å². The molecule has 1 saturated carbocycles. The third-order valence-corrected chi connectivity index (χ3v) is 3.78. The lowest BCUT2D eigenvalue weighted by molar-refractivity contribution is -0.125. The van der Waals surface area contributed by atoms with Crippen molar-refractivity contribution in [2.75, 3.05) is 0 Å². The maximum Gasteiger partial charge on any atom is 0.152 e. The molecule has 17 heavy (non-hydrogen) atoms. The van der Waals surface area contributed by atoms with Gasteiger partial charge in [0.15, 0.2) is 5.78 Å². The molecule has 2 nitrogen and oxygen atoms in total. The summed E-state index contributed by atoms with van der Waals surface area (Å²) in [6.07, 6.45) is 4.89. The topological polar surface area (TPSA) is 29.1 Å². The Hall–Kier alpha value is -0.370. The quantitative estimate of drug-likeness (QED) is 0.793. The Labute approximate surface area is 108 Å². The number of Topliss-reactive ketones (excluding diaryl/α,β-unsaturated/α-hetero) is 1. The molecule has 1 N–H and O–H groups in total. The predicted octanol–water partition coefficient (Wildman–Crippen LogP) is 3.79. The second-order valence-electron chi connectivity index (χ2n) is 7.37. The zero-order valence-corrected chi connectivity index (χ0v) is 12.4. The Kier molecular flexibility index (Phi) is 4.40. The first-order valence-electron chi connectivity index (χ1n) is 6.94. The van der Waals surface area contributed by atoms with Crippen LogP contribution in [0.4, 0.5) is 0 Å². The van der Waals surface area contributed by atoms with E-state index in [2.05, 4.69) is 33.0 Å². The van der Waals surface area contributed by atoms with E-state index in [0.717, 1.165) is 6.42 Å². The van der Waals surface area contributed by atoms with Gasteiger partial charge in [-0.25, -0.2) is 0 Å². The summed E-state index contributed by atoms with van der Waals surface area (Å²) in [5, 5.41) is 3.51. The third kappa shape index (κ3) is 4.42. The average molecular weight is 241 g/mol. The summed E-state index contributed by atoms with van der Waals surface area (Å²) in [6.45, 7) is 12.7. The van der Waals surface area contributed by atoms with Gasteiger partial charge in [0.1, 0.15) is 0 Å². The maximum atomic E-state index is 12.3. The van der Waals surface area contributed by atoms with E-state index >= 15 is 0 Å². The van der Waals surface area contributed by atoms with Gasteiger partial charge in [-0.2, -0.15) is 0 Å². The molecular weight excluding hydrogens is 210 g/mol. The van der Waals surface area contributed by atoms with Crippen molar-refractivity contribution in [1.82, 2.24) is 5.32 Å². The van der Waals surface area contributed by atoms with Gasteiger partial charge in [-0.1, -0.05) is 27.2 Å². The number of hydrogen-bond donors (Lipinski definition) is 1. The van der Waals surface area contributed by atoms with Crippen molar-refractivity contribution in [2.45, 2.75) is 78.8 Å². The molecule has 0 saturated heterocycles. The minimum Gasteiger partial charge on any atom is -0.303 e. The molecule has 0 aliphatic heterocycles. The molecule has 0 aromatic carbocycles. The molecule has 0 unspecified atom stereocenters. The minimum atomic E-state index is 0. The highest BCUT2D eigenvalue weighted by Crippen LogP contribution is 2.44. The van der Waals surface area contributed by atoms with Gasteiger partial charge in [0, 0.05) is 12.9 Å². The van der Waals surface area contributed by atoms with E-state index in [1.54, 1.807) is 0 Å². The van der Waals surface area contributed by atoms with E-state index in [1.807, 2.05) is 13.8 Å². The summed E-state index contributed by atoms with van der Waals surface area (Å²) in [5.74, 6) is 0.492.